The first-order chi connectivity index (χ1) is 18.4. The summed E-state index contributed by atoms with van der Waals surface area (Å²) in [5.41, 5.74) is 8.26. The molecule has 4 aromatic carbocycles. The summed E-state index contributed by atoms with van der Waals surface area (Å²) in [6.07, 6.45) is 1.44. The summed E-state index contributed by atoms with van der Waals surface area (Å²) in [6, 6.07) is 27.4. The molecule has 6 nitrogen and oxygen atoms in total. The highest BCUT2D eigenvalue weighted by molar-refractivity contribution is 6.34. The molecule has 38 heavy (non-hydrogen) atoms. The maximum absolute atomic E-state index is 13.3. The first kappa shape index (κ1) is 25.0. The van der Waals surface area contributed by atoms with Gasteiger partial charge in [-0.25, -0.2) is 10.2 Å². The molecule has 0 saturated carbocycles. The second-order valence-electron chi connectivity index (χ2n) is 8.84. The van der Waals surface area contributed by atoms with Gasteiger partial charge in [0.15, 0.2) is 0 Å². The zero-order valence-electron chi connectivity index (χ0n) is 20.8. The van der Waals surface area contributed by atoms with Crippen molar-refractivity contribution < 1.29 is 14.3 Å². The number of hydrogen-bond acceptors (Lipinski definition) is 4. The molecule has 0 radical (unpaired) electrons. The molecular weight excluding hydrogens is 498 g/mol. The van der Waals surface area contributed by atoms with Crippen LogP contribution in [0.3, 0.4) is 0 Å². The van der Waals surface area contributed by atoms with E-state index in [1.54, 1.807) is 42.5 Å². The lowest BCUT2D eigenvalue weighted by molar-refractivity contribution is 0.0734. The van der Waals surface area contributed by atoms with Gasteiger partial charge in [0.2, 0.25) is 0 Å². The minimum absolute atomic E-state index is 0.328. The minimum atomic E-state index is -0.479. The van der Waals surface area contributed by atoms with Crippen LogP contribution in [0.25, 0.3) is 22.0 Å². The van der Waals surface area contributed by atoms with Gasteiger partial charge in [0, 0.05) is 32.6 Å². The van der Waals surface area contributed by atoms with E-state index < -0.39 is 11.9 Å². The molecule has 0 unspecified atom stereocenters. The van der Waals surface area contributed by atoms with Crippen LogP contribution in [-0.2, 0) is 0 Å². The Hall–Kier alpha value is -4.68. The van der Waals surface area contributed by atoms with Crippen LogP contribution >= 0.6 is 11.6 Å². The Balaban J connectivity index is 1.41. The van der Waals surface area contributed by atoms with E-state index in [2.05, 4.69) is 15.5 Å². The number of carbonyl (C=O) groups excluding carboxylic acids is 2. The SMILES string of the molecule is Cc1ccc(C(=O)Oc2ccccc2C=NNC(=O)c2[nH]c3c(C)cccc3c2-c2ccccc2Cl)cc1. The van der Waals surface area contributed by atoms with Crippen molar-refractivity contribution in [1.29, 1.82) is 0 Å². The fourth-order valence-electron chi connectivity index (χ4n) is 4.22. The van der Waals surface area contributed by atoms with Gasteiger partial charge in [-0.15, -0.1) is 0 Å². The van der Waals surface area contributed by atoms with E-state index in [0.717, 1.165) is 27.6 Å². The number of hydrazone groups is 1. The first-order valence-corrected chi connectivity index (χ1v) is 12.4. The van der Waals surface area contributed by atoms with Gasteiger partial charge in [-0.1, -0.05) is 77.8 Å². The van der Waals surface area contributed by atoms with Crippen molar-refractivity contribution in [2.75, 3.05) is 0 Å². The quantitative estimate of drug-likeness (QED) is 0.108. The van der Waals surface area contributed by atoms with Crippen molar-refractivity contribution in [3.63, 3.8) is 0 Å². The fourth-order valence-corrected chi connectivity index (χ4v) is 4.45. The van der Waals surface area contributed by atoms with Gasteiger partial charge in [0.25, 0.3) is 5.91 Å². The van der Waals surface area contributed by atoms with E-state index >= 15 is 0 Å². The van der Waals surface area contributed by atoms with Gasteiger partial charge < -0.3 is 9.72 Å². The third-order valence-corrected chi connectivity index (χ3v) is 6.52. The molecule has 0 aliphatic heterocycles. The van der Waals surface area contributed by atoms with Crippen molar-refractivity contribution >= 4 is 40.6 Å². The fraction of sp³-hybridized carbons (Fsp3) is 0.0645. The number of para-hydroxylation sites is 2. The van der Waals surface area contributed by atoms with Gasteiger partial charge in [0.05, 0.1) is 11.8 Å². The third kappa shape index (κ3) is 5.08. The van der Waals surface area contributed by atoms with Crippen molar-refractivity contribution in [3.8, 4) is 16.9 Å². The second-order valence-corrected chi connectivity index (χ2v) is 9.25. The van der Waals surface area contributed by atoms with Gasteiger partial charge in [-0.3, -0.25) is 4.79 Å². The molecule has 0 aliphatic rings. The van der Waals surface area contributed by atoms with Gasteiger partial charge in [0.1, 0.15) is 11.4 Å². The normalized spacial score (nSPS) is 11.1. The number of ether oxygens (including phenoxy) is 1. The van der Waals surface area contributed by atoms with E-state index in [0.29, 0.717) is 33.2 Å². The molecule has 1 amide bonds. The summed E-state index contributed by atoms with van der Waals surface area (Å²) in [4.78, 5) is 29.2. The van der Waals surface area contributed by atoms with Crippen molar-refractivity contribution in [2.24, 2.45) is 5.10 Å². The zero-order chi connectivity index (χ0) is 26.6. The number of aromatic amines is 1. The van der Waals surface area contributed by atoms with Gasteiger partial charge >= 0.3 is 5.97 Å². The highest BCUT2D eigenvalue weighted by Gasteiger charge is 2.21. The molecule has 0 atom stereocenters. The number of benzene rings is 4. The summed E-state index contributed by atoms with van der Waals surface area (Å²) in [5, 5.41) is 5.58. The Morgan fingerprint density at radius 2 is 1.63 bits per heavy atom. The highest BCUT2D eigenvalue weighted by Crippen LogP contribution is 2.37. The highest BCUT2D eigenvalue weighted by atomic mass is 35.5. The van der Waals surface area contributed by atoms with Crippen molar-refractivity contribution in [3.05, 3.63) is 124 Å². The van der Waals surface area contributed by atoms with Crippen LogP contribution in [0.1, 0.15) is 37.5 Å². The van der Waals surface area contributed by atoms with Crippen molar-refractivity contribution in [2.45, 2.75) is 13.8 Å². The Bertz CT molecular complexity index is 1690. The zero-order valence-corrected chi connectivity index (χ0v) is 21.5. The maximum atomic E-state index is 13.3. The van der Waals surface area contributed by atoms with Crippen LogP contribution in [0.15, 0.2) is 96.1 Å². The van der Waals surface area contributed by atoms with E-state index in [1.165, 1.54) is 6.21 Å². The summed E-state index contributed by atoms with van der Waals surface area (Å²) in [5.74, 6) is -0.581. The van der Waals surface area contributed by atoms with Crippen LogP contribution in [0, 0.1) is 13.8 Å². The number of aromatic nitrogens is 1. The average molecular weight is 522 g/mol. The first-order valence-electron chi connectivity index (χ1n) is 12.0. The lowest BCUT2D eigenvalue weighted by Gasteiger charge is -2.08. The number of fused-ring (bicyclic) bond motifs is 1. The molecule has 188 valence electrons. The van der Waals surface area contributed by atoms with E-state index in [4.69, 9.17) is 16.3 Å². The molecule has 2 N–H and O–H groups in total. The standard InChI is InChI=1S/C31H24ClN3O3/c1-19-14-16-21(17-15-19)31(37)38-26-13-6-3-9-22(26)18-33-35-30(36)29-27(23-10-4-5-12-25(23)32)24-11-7-8-20(2)28(24)34-29/h3-18,34H,1-2H3,(H,35,36). The summed E-state index contributed by atoms with van der Waals surface area (Å²) in [7, 11) is 0. The molecule has 0 bridgehead atoms. The number of H-pyrrole nitrogens is 1. The average Bonchev–Trinajstić information content (AvgIpc) is 3.31. The number of aryl methyl sites for hydroxylation is 2. The molecule has 5 aromatic rings. The van der Waals surface area contributed by atoms with Crippen LogP contribution in [-0.4, -0.2) is 23.1 Å². The summed E-state index contributed by atoms with van der Waals surface area (Å²) in [6.45, 7) is 3.92. The number of carbonyl (C=O) groups is 2. The Morgan fingerprint density at radius 3 is 2.42 bits per heavy atom. The van der Waals surface area contributed by atoms with E-state index in [9.17, 15) is 9.59 Å². The number of esters is 1. The predicted molar refractivity (Wildman–Crippen MR) is 151 cm³/mol. The maximum Gasteiger partial charge on any atom is 0.343 e. The van der Waals surface area contributed by atoms with Crippen LogP contribution in [0.2, 0.25) is 5.02 Å². The number of amides is 1. The van der Waals surface area contributed by atoms with E-state index in [-0.39, 0.29) is 0 Å². The third-order valence-electron chi connectivity index (χ3n) is 6.19. The molecule has 7 heteroatoms. The van der Waals surface area contributed by atoms with E-state index in [1.807, 2.05) is 62.4 Å². The molecule has 1 heterocycles. The van der Waals surface area contributed by atoms with Gasteiger partial charge in [-0.2, -0.15) is 5.10 Å². The molecule has 5 rings (SSSR count). The Kier molecular flexibility index (Phi) is 7.07. The predicted octanol–water partition coefficient (Wildman–Crippen LogP) is 7.09. The smallest absolute Gasteiger partial charge is 0.343 e. The molecule has 0 saturated heterocycles. The largest absolute Gasteiger partial charge is 0.422 e. The van der Waals surface area contributed by atoms with Crippen LogP contribution < -0.4 is 10.2 Å². The number of nitrogens with zero attached hydrogens (tertiary/aromatic N) is 1. The monoisotopic (exact) mass is 521 g/mol. The molecule has 0 aliphatic carbocycles. The number of halogens is 1. The number of hydrogen-bond donors (Lipinski definition) is 2. The lowest BCUT2D eigenvalue weighted by Crippen LogP contribution is -2.19. The summed E-state index contributed by atoms with van der Waals surface area (Å²) >= 11 is 6.51. The second kappa shape index (κ2) is 10.7. The Labute approximate surface area is 224 Å². The topological polar surface area (TPSA) is 83.5 Å². The molecule has 0 spiro atoms. The van der Waals surface area contributed by atoms with Crippen LogP contribution in [0.4, 0.5) is 0 Å². The Morgan fingerprint density at radius 1 is 0.895 bits per heavy atom. The van der Waals surface area contributed by atoms with Crippen molar-refractivity contribution in [1.82, 2.24) is 10.4 Å². The lowest BCUT2D eigenvalue weighted by atomic mass is 10.0. The molecular formula is C31H24ClN3O3. The molecule has 0 fully saturated rings. The number of nitrogens with one attached hydrogen (secondary N) is 2. The summed E-state index contributed by atoms with van der Waals surface area (Å²) < 4.78 is 5.59. The molecule has 1 aromatic heterocycles. The van der Waals surface area contributed by atoms with Gasteiger partial charge in [-0.05, 0) is 49.7 Å². The minimum Gasteiger partial charge on any atom is -0.422 e. The number of rotatable bonds is 6. The van der Waals surface area contributed by atoms with Crippen LogP contribution in [0.5, 0.6) is 5.75 Å².